The van der Waals surface area contributed by atoms with Crippen molar-refractivity contribution in [3.8, 4) is 0 Å². The molecular weight excluding hydrogens is 198 g/mol. The average Bonchev–Trinajstić information content (AvgIpc) is 3.10. The predicted octanol–water partition coefficient (Wildman–Crippen LogP) is 1.28. The fourth-order valence-electron chi connectivity index (χ4n) is 2.65. The van der Waals surface area contributed by atoms with Crippen molar-refractivity contribution < 1.29 is 0 Å². The number of nitrogens with zero attached hydrogens (tertiary/aromatic N) is 2. The van der Waals surface area contributed by atoms with E-state index in [1.807, 2.05) is 0 Å². The minimum atomic E-state index is 0.464. The first-order valence-electron chi connectivity index (χ1n) is 7.01. The molecule has 0 atom stereocenters. The maximum atomic E-state index is 5.92. The van der Waals surface area contributed by atoms with Gasteiger partial charge in [0.05, 0.1) is 0 Å². The molecule has 0 aromatic carbocycles. The van der Waals surface area contributed by atoms with Gasteiger partial charge in [0.15, 0.2) is 0 Å². The van der Waals surface area contributed by atoms with Crippen molar-refractivity contribution in [2.24, 2.45) is 5.73 Å². The van der Waals surface area contributed by atoms with Crippen LogP contribution in [0.2, 0.25) is 0 Å². The molecule has 2 fully saturated rings. The van der Waals surface area contributed by atoms with Crippen LogP contribution in [0.25, 0.3) is 0 Å². The van der Waals surface area contributed by atoms with Gasteiger partial charge in [-0.1, -0.05) is 6.92 Å². The lowest BCUT2D eigenvalue weighted by Gasteiger charge is -2.32. The maximum absolute atomic E-state index is 5.92. The Labute approximate surface area is 100.0 Å². The van der Waals surface area contributed by atoms with E-state index in [2.05, 4.69) is 16.7 Å². The molecule has 0 aromatic rings. The molecule has 0 amide bonds. The summed E-state index contributed by atoms with van der Waals surface area (Å²) < 4.78 is 0. The van der Waals surface area contributed by atoms with E-state index in [0.717, 1.165) is 6.04 Å². The van der Waals surface area contributed by atoms with Crippen molar-refractivity contribution in [3.63, 3.8) is 0 Å². The molecule has 0 aromatic heterocycles. The molecule has 0 spiro atoms. The van der Waals surface area contributed by atoms with E-state index in [1.165, 1.54) is 64.8 Å². The molecule has 3 nitrogen and oxygen atoms in total. The van der Waals surface area contributed by atoms with E-state index in [-0.39, 0.29) is 0 Å². The Kier molecular flexibility index (Phi) is 4.62. The van der Waals surface area contributed by atoms with Crippen LogP contribution >= 0.6 is 0 Å². The normalized spacial score (nSPS) is 24.2. The molecule has 2 N–H and O–H groups in total. The quantitative estimate of drug-likeness (QED) is 0.739. The largest absolute Gasteiger partial charge is 0.328 e. The average molecular weight is 225 g/mol. The molecule has 16 heavy (non-hydrogen) atoms. The van der Waals surface area contributed by atoms with Crippen LogP contribution in [-0.2, 0) is 0 Å². The van der Waals surface area contributed by atoms with Crippen molar-refractivity contribution in [3.05, 3.63) is 0 Å². The Hall–Kier alpha value is -0.120. The van der Waals surface area contributed by atoms with E-state index < -0.39 is 0 Å². The van der Waals surface area contributed by atoms with Crippen LogP contribution in [0.4, 0.5) is 0 Å². The summed E-state index contributed by atoms with van der Waals surface area (Å²) in [6.45, 7) is 8.53. The Morgan fingerprint density at radius 1 is 1.12 bits per heavy atom. The van der Waals surface area contributed by atoms with Crippen molar-refractivity contribution >= 4 is 0 Å². The number of rotatable bonds is 6. The molecule has 1 heterocycles. The van der Waals surface area contributed by atoms with Gasteiger partial charge in [0.1, 0.15) is 0 Å². The van der Waals surface area contributed by atoms with E-state index in [0.29, 0.717) is 6.04 Å². The van der Waals surface area contributed by atoms with Gasteiger partial charge in [-0.3, -0.25) is 4.90 Å². The smallest absolute Gasteiger partial charge is 0.0112 e. The molecule has 2 aliphatic rings. The van der Waals surface area contributed by atoms with E-state index >= 15 is 0 Å². The lowest BCUT2D eigenvalue weighted by atomic mass is 10.1. The van der Waals surface area contributed by atoms with Gasteiger partial charge < -0.3 is 10.6 Å². The topological polar surface area (TPSA) is 32.5 Å². The van der Waals surface area contributed by atoms with Crippen LogP contribution in [0.5, 0.6) is 0 Å². The second-order valence-corrected chi connectivity index (χ2v) is 5.45. The zero-order chi connectivity index (χ0) is 11.4. The lowest BCUT2D eigenvalue weighted by Crippen LogP contribution is -2.43. The fraction of sp³-hybridized carbons (Fsp3) is 1.00. The molecule has 1 saturated carbocycles. The number of piperidine rings is 1. The molecule has 1 aliphatic heterocycles. The maximum Gasteiger partial charge on any atom is 0.0112 e. The first-order valence-corrected chi connectivity index (χ1v) is 7.01. The Bertz CT molecular complexity index is 195. The van der Waals surface area contributed by atoms with Gasteiger partial charge in [0.25, 0.3) is 0 Å². The summed E-state index contributed by atoms with van der Waals surface area (Å²) >= 11 is 0. The fourth-order valence-corrected chi connectivity index (χ4v) is 2.65. The summed E-state index contributed by atoms with van der Waals surface area (Å²) in [4.78, 5) is 5.28. The summed E-state index contributed by atoms with van der Waals surface area (Å²) in [6.07, 6.45) is 6.55. The van der Waals surface area contributed by atoms with Crippen molar-refractivity contribution in [1.29, 1.82) is 0 Å². The van der Waals surface area contributed by atoms with Crippen molar-refractivity contribution in [1.82, 2.24) is 9.80 Å². The highest BCUT2D eigenvalue weighted by atomic mass is 15.2. The zero-order valence-electron chi connectivity index (χ0n) is 10.7. The van der Waals surface area contributed by atoms with Gasteiger partial charge in [0, 0.05) is 25.2 Å². The minimum Gasteiger partial charge on any atom is -0.328 e. The van der Waals surface area contributed by atoms with Gasteiger partial charge >= 0.3 is 0 Å². The van der Waals surface area contributed by atoms with E-state index in [9.17, 15) is 0 Å². The third-order valence-electron chi connectivity index (χ3n) is 3.91. The first kappa shape index (κ1) is 12.3. The van der Waals surface area contributed by atoms with Gasteiger partial charge in [-0.15, -0.1) is 0 Å². The van der Waals surface area contributed by atoms with Crippen LogP contribution in [0.3, 0.4) is 0 Å². The first-order chi connectivity index (χ1) is 7.79. The Morgan fingerprint density at radius 2 is 1.81 bits per heavy atom. The highest BCUT2D eigenvalue weighted by molar-refractivity contribution is 4.85. The minimum absolute atomic E-state index is 0.464. The standard InChI is InChI=1S/C13H27N3/c1-2-7-16(13-3-4-13)11-10-15-8-5-12(14)6-9-15/h12-13H,2-11,14H2,1H3. The van der Waals surface area contributed by atoms with Crippen LogP contribution in [0, 0.1) is 0 Å². The van der Waals surface area contributed by atoms with Crippen molar-refractivity contribution in [2.45, 2.75) is 51.1 Å². The Balaban J connectivity index is 1.65. The third-order valence-corrected chi connectivity index (χ3v) is 3.91. The number of likely N-dealkylation sites (tertiary alicyclic amines) is 1. The third kappa shape index (κ3) is 3.72. The van der Waals surface area contributed by atoms with Gasteiger partial charge in [-0.05, 0) is 51.7 Å². The molecule has 2 rings (SSSR count). The predicted molar refractivity (Wildman–Crippen MR) is 68.5 cm³/mol. The van der Waals surface area contributed by atoms with E-state index in [1.54, 1.807) is 0 Å². The SMILES string of the molecule is CCCN(CCN1CCC(N)CC1)C1CC1. The summed E-state index contributed by atoms with van der Waals surface area (Å²) in [5, 5.41) is 0. The van der Waals surface area contributed by atoms with Crippen LogP contribution in [-0.4, -0.2) is 54.6 Å². The molecule has 1 aliphatic carbocycles. The molecule has 0 unspecified atom stereocenters. The molecular formula is C13H27N3. The molecule has 0 bridgehead atoms. The molecule has 3 heteroatoms. The number of hydrogen-bond acceptors (Lipinski definition) is 3. The van der Waals surface area contributed by atoms with Crippen LogP contribution in [0.15, 0.2) is 0 Å². The van der Waals surface area contributed by atoms with Gasteiger partial charge in [-0.25, -0.2) is 0 Å². The Morgan fingerprint density at radius 3 is 2.38 bits per heavy atom. The van der Waals surface area contributed by atoms with Gasteiger partial charge in [-0.2, -0.15) is 0 Å². The number of hydrogen-bond donors (Lipinski definition) is 1. The highest BCUT2D eigenvalue weighted by Crippen LogP contribution is 2.26. The summed E-state index contributed by atoms with van der Waals surface area (Å²) in [5.41, 5.74) is 5.92. The summed E-state index contributed by atoms with van der Waals surface area (Å²) in [7, 11) is 0. The molecule has 1 saturated heterocycles. The van der Waals surface area contributed by atoms with E-state index in [4.69, 9.17) is 5.73 Å². The summed E-state index contributed by atoms with van der Waals surface area (Å²) in [6, 6.07) is 1.39. The van der Waals surface area contributed by atoms with Crippen molar-refractivity contribution in [2.75, 3.05) is 32.7 Å². The monoisotopic (exact) mass is 225 g/mol. The number of nitrogens with two attached hydrogens (primary N) is 1. The molecule has 94 valence electrons. The second-order valence-electron chi connectivity index (χ2n) is 5.45. The molecule has 0 radical (unpaired) electrons. The lowest BCUT2D eigenvalue weighted by molar-refractivity contribution is 0.169. The van der Waals surface area contributed by atoms with Crippen LogP contribution < -0.4 is 5.73 Å². The summed E-state index contributed by atoms with van der Waals surface area (Å²) in [5.74, 6) is 0. The zero-order valence-corrected chi connectivity index (χ0v) is 10.7. The van der Waals surface area contributed by atoms with Gasteiger partial charge in [0.2, 0.25) is 0 Å². The highest BCUT2D eigenvalue weighted by Gasteiger charge is 2.28. The second kappa shape index (κ2) is 5.99. The van der Waals surface area contributed by atoms with Crippen LogP contribution in [0.1, 0.15) is 39.0 Å².